The molecule has 0 saturated heterocycles. The molecule has 0 heterocycles. The second-order valence-corrected chi connectivity index (χ2v) is 7.35. The van der Waals surface area contributed by atoms with Crippen LogP contribution in [0.25, 0.3) is 0 Å². The van der Waals surface area contributed by atoms with Crippen molar-refractivity contribution in [1.82, 2.24) is 5.32 Å². The number of rotatable bonds is 9. The molecule has 0 radical (unpaired) electrons. The lowest BCUT2D eigenvalue weighted by molar-refractivity contribution is -0.118. The smallest absolute Gasteiger partial charge is 0.230 e. The zero-order chi connectivity index (χ0) is 18.1. The summed E-state index contributed by atoms with van der Waals surface area (Å²) in [6.07, 6.45) is 0. The fourth-order valence-electron chi connectivity index (χ4n) is 2.44. The number of carbonyl (C=O) groups excluding carboxylic acids is 1. The summed E-state index contributed by atoms with van der Waals surface area (Å²) in [5.74, 6) is 2.70. The van der Waals surface area contributed by atoms with E-state index in [-0.39, 0.29) is 5.91 Å². The van der Waals surface area contributed by atoms with Crippen molar-refractivity contribution in [3.63, 3.8) is 0 Å². The topological polar surface area (TPSA) is 38.3 Å². The summed E-state index contributed by atoms with van der Waals surface area (Å²) in [4.78, 5) is 11.9. The van der Waals surface area contributed by atoms with Crippen molar-refractivity contribution in [3.05, 3.63) is 65.2 Å². The van der Waals surface area contributed by atoms with E-state index in [9.17, 15) is 4.79 Å². The Labute approximate surface area is 155 Å². The zero-order valence-electron chi connectivity index (χ0n) is 15.2. The van der Waals surface area contributed by atoms with Crippen LogP contribution in [0.15, 0.2) is 48.5 Å². The molecule has 25 heavy (non-hydrogen) atoms. The predicted molar refractivity (Wildman–Crippen MR) is 106 cm³/mol. The minimum absolute atomic E-state index is 0.0536. The summed E-state index contributed by atoms with van der Waals surface area (Å²) in [5, 5.41) is 2.91. The third kappa shape index (κ3) is 6.83. The van der Waals surface area contributed by atoms with Crippen molar-refractivity contribution >= 4 is 17.7 Å². The summed E-state index contributed by atoms with van der Waals surface area (Å²) in [6.45, 7) is 7.38. The summed E-state index contributed by atoms with van der Waals surface area (Å²) in [5.41, 5.74) is 3.70. The standard InChI is InChI=1S/C21H27NO2S/c1-16(2)19-6-4-5-7-20(19)24-13-12-22-21(23)15-25-14-18-10-8-17(3)9-11-18/h4-11,16H,12-15H2,1-3H3,(H,22,23). The molecular weight excluding hydrogens is 330 g/mol. The van der Waals surface area contributed by atoms with Gasteiger partial charge in [0.15, 0.2) is 0 Å². The molecule has 2 aromatic carbocycles. The molecule has 0 aromatic heterocycles. The first-order valence-electron chi connectivity index (χ1n) is 8.68. The van der Waals surface area contributed by atoms with Crippen LogP contribution in [-0.4, -0.2) is 24.8 Å². The summed E-state index contributed by atoms with van der Waals surface area (Å²) in [6, 6.07) is 16.5. The Morgan fingerprint density at radius 2 is 1.84 bits per heavy atom. The quantitative estimate of drug-likeness (QED) is 0.669. The van der Waals surface area contributed by atoms with E-state index >= 15 is 0 Å². The van der Waals surface area contributed by atoms with Gasteiger partial charge in [0, 0.05) is 5.75 Å². The SMILES string of the molecule is Cc1ccc(CSCC(=O)NCCOc2ccccc2C(C)C)cc1. The molecule has 0 aliphatic rings. The van der Waals surface area contributed by atoms with Crippen molar-refractivity contribution in [2.45, 2.75) is 32.4 Å². The maximum absolute atomic E-state index is 11.9. The van der Waals surface area contributed by atoms with Crippen LogP contribution in [0, 0.1) is 6.92 Å². The van der Waals surface area contributed by atoms with E-state index < -0.39 is 0 Å². The number of hydrogen-bond acceptors (Lipinski definition) is 3. The number of amides is 1. The maximum atomic E-state index is 11.9. The molecule has 0 aliphatic carbocycles. The minimum Gasteiger partial charge on any atom is -0.491 e. The Balaban J connectivity index is 1.63. The third-order valence-corrected chi connectivity index (χ3v) is 4.85. The third-order valence-electron chi connectivity index (χ3n) is 3.85. The van der Waals surface area contributed by atoms with Gasteiger partial charge in [-0.05, 0) is 30.0 Å². The molecule has 4 heteroatoms. The molecule has 2 rings (SSSR count). The van der Waals surface area contributed by atoms with Crippen LogP contribution in [0.1, 0.15) is 36.5 Å². The van der Waals surface area contributed by atoms with E-state index in [1.807, 2.05) is 18.2 Å². The second kappa shape index (κ2) is 10.1. The fraction of sp³-hybridized carbons (Fsp3) is 0.381. The van der Waals surface area contributed by atoms with E-state index in [1.165, 1.54) is 16.7 Å². The average molecular weight is 358 g/mol. The minimum atomic E-state index is 0.0536. The second-order valence-electron chi connectivity index (χ2n) is 6.37. The van der Waals surface area contributed by atoms with Gasteiger partial charge in [-0.1, -0.05) is 61.9 Å². The van der Waals surface area contributed by atoms with Gasteiger partial charge >= 0.3 is 0 Å². The summed E-state index contributed by atoms with van der Waals surface area (Å²) < 4.78 is 5.81. The number of nitrogens with one attached hydrogen (secondary N) is 1. The summed E-state index contributed by atoms with van der Waals surface area (Å²) in [7, 11) is 0. The lowest BCUT2D eigenvalue weighted by Gasteiger charge is -2.14. The Hall–Kier alpha value is -1.94. The predicted octanol–water partition coefficient (Wildman–Crippen LogP) is 4.55. The highest BCUT2D eigenvalue weighted by Gasteiger charge is 2.07. The Morgan fingerprint density at radius 1 is 1.12 bits per heavy atom. The van der Waals surface area contributed by atoms with Gasteiger partial charge in [-0.25, -0.2) is 0 Å². The number of benzene rings is 2. The molecular formula is C21H27NO2S. The molecule has 0 atom stereocenters. The Bertz CT molecular complexity index is 668. The maximum Gasteiger partial charge on any atom is 0.230 e. The number of carbonyl (C=O) groups is 1. The van der Waals surface area contributed by atoms with Gasteiger partial charge in [-0.2, -0.15) is 0 Å². The molecule has 0 saturated carbocycles. The number of ether oxygens (including phenoxy) is 1. The van der Waals surface area contributed by atoms with Crippen molar-refractivity contribution in [2.75, 3.05) is 18.9 Å². The van der Waals surface area contributed by atoms with Gasteiger partial charge < -0.3 is 10.1 Å². The lowest BCUT2D eigenvalue weighted by Crippen LogP contribution is -2.29. The highest BCUT2D eigenvalue weighted by atomic mass is 32.2. The molecule has 1 amide bonds. The highest BCUT2D eigenvalue weighted by molar-refractivity contribution is 7.99. The molecule has 0 aliphatic heterocycles. The van der Waals surface area contributed by atoms with Crippen molar-refractivity contribution in [2.24, 2.45) is 0 Å². The molecule has 0 spiro atoms. The summed E-state index contributed by atoms with van der Waals surface area (Å²) >= 11 is 1.63. The van der Waals surface area contributed by atoms with Crippen LogP contribution in [0.4, 0.5) is 0 Å². The van der Waals surface area contributed by atoms with E-state index in [2.05, 4.69) is 56.4 Å². The fourth-order valence-corrected chi connectivity index (χ4v) is 3.25. The normalized spacial score (nSPS) is 10.7. The van der Waals surface area contributed by atoms with Gasteiger partial charge in [-0.15, -0.1) is 11.8 Å². The van der Waals surface area contributed by atoms with Gasteiger partial charge in [0.2, 0.25) is 5.91 Å². The van der Waals surface area contributed by atoms with Crippen molar-refractivity contribution in [3.8, 4) is 5.75 Å². The molecule has 1 N–H and O–H groups in total. The molecule has 2 aromatic rings. The van der Waals surface area contributed by atoms with Gasteiger partial charge in [0.25, 0.3) is 0 Å². The van der Waals surface area contributed by atoms with Gasteiger partial charge in [-0.3, -0.25) is 4.79 Å². The first-order chi connectivity index (χ1) is 12.1. The first-order valence-corrected chi connectivity index (χ1v) is 9.83. The van der Waals surface area contributed by atoms with Gasteiger partial charge in [0.1, 0.15) is 12.4 Å². The first kappa shape index (κ1) is 19.4. The average Bonchev–Trinajstić information content (AvgIpc) is 2.60. The number of para-hydroxylation sites is 1. The van der Waals surface area contributed by atoms with Crippen molar-refractivity contribution < 1.29 is 9.53 Å². The van der Waals surface area contributed by atoms with Crippen LogP contribution in [0.5, 0.6) is 5.75 Å². The van der Waals surface area contributed by atoms with Crippen LogP contribution < -0.4 is 10.1 Å². The highest BCUT2D eigenvalue weighted by Crippen LogP contribution is 2.25. The van der Waals surface area contributed by atoms with E-state index in [0.29, 0.717) is 24.8 Å². The molecule has 0 unspecified atom stereocenters. The monoisotopic (exact) mass is 357 g/mol. The van der Waals surface area contributed by atoms with Crippen molar-refractivity contribution in [1.29, 1.82) is 0 Å². The molecule has 134 valence electrons. The zero-order valence-corrected chi connectivity index (χ0v) is 16.1. The largest absolute Gasteiger partial charge is 0.491 e. The molecule has 3 nitrogen and oxygen atoms in total. The Morgan fingerprint density at radius 3 is 2.56 bits per heavy atom. The van der Waals surface area contributed by atoms with Gasteiger partial charge in [0.05, 0.1) is 12.3 Å². The number of aryl methyl sites for hydroxylation is 1. The van der Waals surface area contributed by atoms with Crippen LogP contribution in [0.2, 0.25) is 0 Å². The van der Waals surface area contributed by atoms with Crippen LogP contribution in [-0.2, 0) is 10.5 Å². The number of hydrogen-bond donors (Lipinski definition) is 1. The molecule has 0 bridgehead atoms. The van der Waals surface area contributed by atoms with Crippen LogP contribution >= 0.6 is 11.8 Å². The number of thioether (sulfide) groups is 1. The van der Waals surface area contributed by atoms with Crippen LogP contribution in [0.3, 0.4) is 0 Å². The van der Waals surface area contributed by atoms with E-state index in [0.717, 1.165) is 11.5 Å². The lowest BCUT2D eigenvalue weighted by atomic mass is 10.0. The Kier molecular flexibility index (Phi) is 7.86. The molecule has 0 fully saturated rings. The van der Waals surface area contributed by atoms with E-state index in [4.69, 9.17) is 4.74 Å². The van der Waals surface area contributed by atoms with E-state index in [1.54, 1.807) is 11.8 Å².